The van der Waals surface area contributed by atoms with Crippen molar-refractivity contribution in [2.75, 3.05) is 0 Å². The summed E-state index contributed by atoms with van der Waals surface area (Å²) in [6.45, 7) is 6.43. The first-order valence-corrected chi connectivity index (χ1v) is 9.60. The highest BCUT2D eigenvalue weighted by Gasteiger charge is 2.22. The van der Waals surface area contributed by atoms with Gasteiger partial charge in [0.15, 0.2) is 0 Å². The number of allylic oxidation sites excluding steroid dienone is 1. The van der Waals surface area contributed by atoms with Crippen LogP contribution in [0.2, 0.25) is 0 Å². The summed E-state index contributed by atoms with van der Waals surface area (Å²) in [5.41, 5.74) is 9.09. The molecule has 0 saturated heterocycles. The van der Waals surface area contributed by atoms with Crippen LogP contribution in [-0.2, 0) is 0 Å². The van der Waals surface area contributed by atoms with E-state index in [1.54, 1.807) is 12.1 Å². The molecule has 0 fully saturated rings. The Morgan fingerprint density at radius 2 is 1.45 bits per heavy atom. The van der Waals surface area contributed by atoms with Crippen LogP contribution in [-0.4, -0.2) is 20.1 Å². The number of aromatic hydroxyl groups is 1. The zero-order valence-electron chi connectivity index (χ0n) is 16.8. The number of aromatic nitrogens is 3. The normalized spacial score (nSPS) is 11.3. The summed E-state index contributed by atoms with van der Waals surface area (Å²) in [5.74, 6) is 0.239. The lowest BCUT2D eigenvalue weighted by Crippen LogP contribution is -2.15. The van der Waals surface area contributed by atoms with Gasteiger partial charge >= 0.3 is 0 Å². The first-order chi connectivity index (χ1) is 13.9. The predicted molar refractivity (Wildman–Crippen MR) is 117 cm³/mol. The van der Waals surface area contributed by atoms with E-state index in [2.05, 4.69) is 48.9 Å². The van der Waals surface area contributed by atoms with Crippen LogP contribution in [0.3, 0.4) is 0 Å². The van der Waals surface area contributed by atoms with E-state index in [0.29, 0.717) is 0 Å². The maximum atomic E-state index is 9.73. The highest BCUT2D eigenvalue weighted by Crippen LogP contribution is 2.33. The fourth-order valence-electron chi connectivity index (χ4n) is 3.25. The van der Waals surface area contributed by atoms with Gasteiger partial charge in [-0.25, -0.2) is 4.68 Å². The first kappa shape index (κ1) is 18.7. The number of phenols is 1. The first-order valence-electron chi connectivity index (χ1n) is 9.60. The summed E-state index contributed by atoms with van der Waals surface area (Å²) in [7, 11) is 0. The van der Waals surface area contributed by atoms with Gasteiger partial charge in [-0.05, 0) is 35.4 Å². The maximum absolute atomic E-state index is 9.73. The van der Waals surface area contributed by atoms with Crippen LogP contribution in [0, 0.1) is 5.41 Å². The lowest BCUT2D eigenvalue weighted by Gasteiger charge is -2.21. The topological polar surface area (TPSA) is 50.9 Å². The highest BCUT2D eigenvalue weighted by molar-refractivity contribution is 5.84. The van der Waals surface area contributed by atoms with Gasteiger partial charge in [-0.2, -0.15) is 0 Å². The van der Waals surface area contributed by atoms with Gasteiger partial charge in [0.1, 0.15) is 11.3 Å². The molecule has 3 aromatic carbocycles. The van der Waals surface area contributed by atoms with Gasteiger partial charge in [-0.15, -0.1) is 5.10 Å². The minimum atomic E-state index is -0.229. The Kier molecular flexibility index (Phi) is 4.79. The Balaban J connectivity index is 2.07. The summed E-state index contributed by atoms with van der Waals surface area (Å²) in [6, 6.07) is 25.3. The second-order valence-corrected chi connectivity index (χ2v) is 8.00. The van der Waals surface area contributed by atoms with Crippen molar-refractivity contribution in [2.24, 2.45) is 5.41 Å². The minimum absolute atomic E-state index is 0.229. The van der Waals surface area contributed by atoms with Gasteiger partial charge in [0, 0.05) is 11.0 Å². The van der Waals surface area contributed by atoms with Crippen LogP contribution in [0.25, 0.3) is 22.3 Å². The highest BCUT2D eigenvalue weighted by atomic mass is 16.3. The van der Waals surface area contributed by atoms with E-state index in [4.69, 9.17) is 0 Å². The van der Waals surface area contributed by atoms with E-state index in [-0.39, 0.29) is 11.2 Å². The number of benzene rings is 3. The average Bonchev–Trinajstić information content (AvgIpc) is 3.13. The zero-order valence-corrected chi connectivity index (χ0v) is 16.8. The van der Waals surface area contributed by atoms with E-state index in [1.165, 1.54) is 0 Å². The molecule has 4 aromatic rings. The number of hydrogen-bond acceptors (Lipinski definition) is 3. The molecule has 144 valence electrons. The predicted octanol–water partition coefficient (Wildman–Crippen LogP) is 5.75. The van der Waals surface area contributed by atoms with Crippen LogP contribution in [0.5, 0.6) is 5.75 Å². The summed E-state index contributed by atoms with van der Waals surface area (Å²) >= 11 is 0. The Labute approximate surface area is 170 Å². The summed E-state index contributed by atoms with van der Waals surface area (Å²) in [6.07, 6.45) is 0. The van der Waals surface area contributed by atoms with Crippen molar-refractivity contribution in [3.05, 3.63) is 95.7 Å². The van der Waals surface area contributed by atoms with Crippen molar-refractivity contribution in [1.29, 1.82) is 0 Å². The quantitative estimate of drug-likeness (QED) is 0.459. The number of rotatable bonds is 3. The van der Waals surface area contributed by atoms with Crippen LogP contribution >= 0.6 is 0 Å². The molecule has 4 nitrogen and oxygen atoms in total. The molecule has 1 heterocycles. The molecule has 1 aromatic heterocycles. The molecule has 0 spiro atoms. The Morgan fingerprint density at radius 1 is 0.828 bits per heavy atom. The van der Waals surface area contributed by atoms with Crippen LogP contribution in [0.4, 0.5) is 0 Å². The molecular weight excluding hydrogens is 358 g/mol. The van der Waals surface area contributed by atoms with Gasteiger partial charge < -0.3 is 5.11 Å². The SMILES string of the molecule is CC(C)(C)C(=C=C(c1ccccc1)c1ccc(O)cc1)n1nnc2ccccc21. The molecular formula is C25H23N3O. The molecule has 0 aliphatic rings. The van der Waals surface area contributed by atoms with Crippen molar-refractivity contribution in [3.8, 4) is 5.75 Å². The Bertz CT molecular complexity index is 1210. The number of para-hydroxylation sites is 1. The third-order valence-corrected chi connectivity index (χ3v) is 4.74. The largest absolute Gasteiger partial charge is 0.508 e. The number of fused-ring (bicyclic) bond motifs is 1. The molecule has 0 bridgehead atoms. The van der Waals surface area contributed by atoms with E-state index < -0.39 is 0 Å². The van der Waals surface area contributed by atoms with E-state index in [9.17, 15) is 5.11 Å². The van der Waals surface area contributed by atoms with E-state index >= 15 is 0 Å². The van der Waals surface area contributed by atoms with Gasteiger partial charge in [0.2, 0.25) is 0 Å². The maximum Gasteiger partial charge on any atom is 0.115 e. The molecule has 0 aliphatic carbocycles. The molecule has 4 heteroatoms. The van der Waals surface area contributed by atoms with Crippen LogP contribution in [0.1, 0.15) is 31.9 Å². The number of nitrogens with zero attached hydrogens (tertiary/aromatic N) is 3. The van der Waals surface area contributed by atoms with Crippen LogP contribution < -0.4 is 0 Å². The zero-order chi connectivity index (χ0) is 20.4. The van der Waals surface area contributed by atoms with Gasteiger partial charge in [0.05, 0.1) is 11.2 Å². The van der Waals surface area contributed by atoms with Gasteiger partial charge in [-0.3, -0.25) is 0 Å². The van der Waals surface area contributed by atoms with Crippen molar-refractivity contribution in [1.82, 2.24) is 15.0 Å². The fraction of sp³-hybridized carbons (Fsp3) is 0.160. The third-order valence-electron chi connectivity index (χ3n) is 4.74. The minimum Gasteiger partial charge on any atom is -0.508 e. The number of phenolic OH excluding ortho intramolecular Hbond substituents is 1. The summed E-state index contributed by atoms with van der Waals surface area (Å²) in [5, 5.41) is 18.5. The fourth-order valence-corrected chi connectivity index (χ4v) is 3.25. The lowest BCUT2D eigenvalue weighted by molar-refractivity contribution is 0.475. The molecule has 0 atom stereocenters. The van der Waals surface area contributed by atoms with Crippen molar-refractivity contribution in [2.45, 2.75) is 20.8 Å². The van der Waals surface area contributed by atoms with E-state index in [0.717, 1.165) is 33.4 Å². The molecule has 0 unspecified atom stereocenters. The summed E-state index contributed by atoms with van der Waals surface area (Å²) < 4.78 is 1.87. The van der Waals surface area contributed by atoms with Crippen molar-refractivity contribution < 1.29 is 5.11 Å². The van der Waals surface area contributed by atoms with E-state index in [1.807, 2.05) is 59.3 Å². The molecule has 29 heavy (non-hydrogen) atoms. The molecule has 0 saturated carbocycles. The Hall–Kier alpha value is -3.62. The Morgan fingerprint density at radius 3 is 2.14 bits per heavy atom. The molecule has 0 amide bonds. The second kappa shape index (κ2) is 7.42. The monoisotopic (exact) mass is 381 g/mol. The standard InChI is InChI=1S/C25H23N3O/c1-25(2,3)24(28-23-12-8-7-11-22(23)26-27-28)17-21(18-9-5-4-6-10-18)19-13-15-20(29)16-14-19/h4-16,29H,1-3H3. The van der Waals surface area contributed by atoms with Crippen LogP contribution in [0.15, 0.2) is 84.6 Å². The molecule has 4 rings (SSSR count). The lowest BCUT2D eigenvalue weighted by atomic mass is 9.90. The summed E-state index contributed by atoms with van der Waals surface area (Å²) in [4.78, 5) is 0. The van der Waals surface area contributed by atoms with Crippen molar-refractivity contribution >= 4 is 22.3 Å². The molecule has 1 N–H and O–H groups in total. The van der Waals surface area contributed by atoms with Gasteiger partial charge in [0.25, 0.3) is 0 Å². The van der Waals surface area contributed by atoms with Crippen molar-refractivity contribution in [3.63, 3.8) is 0 Å². The van der Waals surface area contributed by atoms with Gasteiger partial charge in [-0.1, -0.05) is 86.3 Å². The molecule has 0 radical (unpaired) electrons. The third kappa shape index (κ3) is 3.84. The smallest absolute Gasteiger partial charge is 0.115 e. The average molecular weight is 381 g/mol. The second-order valence-electron chi connectivity index (χ2n) is 8.00. The number of hydrogen-bond donors (Lipinski definition) is 1. The molecule has 0 aliphatic heterocycles.